The minimum Gasteiger partial charge on any atom is -0.344 e. The molecule has 0 aliphatic rings. The Hall–Kier alpha value is -2.26. The van der Waals surface area contributed by atoms with Crippen LogP contribution in [0.1, 0.15) is 150 Å². The molecule has 0 saturated carbocycles. The van der Waals surface area contributed by atoms with E-state index in [9.17, 15) is 9.59 Å². The van der Waals surface area contributed by atoms with Crippen molar-refractivity contribution < 1.29 is 9.59 Å². The van der Waals surface area contributed by atoms with Gasteiger partial charge in [0, 0.05) is 11.1 Å². The molecule has 0 saturated heterocycles. The van der Waals surface area contributed by atoms with E-state index in [1.54, 1.807) is 24.3 Å². The third-order valence-corrected chi connectivity index (χ3v) is 7.55. The summed E-state index contributed by atoms with van der Waals surface area (Å²) in [6.45, 7) is 6.69. The molecule has 37 heavy (non-hydrogen) atoms. The highest BCUT2D eigenvalue weighted by Crippen LogP contribution is 2.32. The number of unbranched alkanes of at least 4 members (excludes halogenated alkanes) is 14. The van der Waals surface area contributed by atoms with Gasteiger partial charge in [-0.25, -0.2) is 0 Å². The van der Waals surface area contributed by atoms with Gasteiger partial charge in [-0.2, -0.15) is 0 Å². The molecule has 2 rings (SSSR count). The van der Waals surface area contributed by atoms with Crippen LogP contribution in [0.2, 0.25) is 0 Å². The zero-order valence-corrected chi connectivity index (χ0v) is 24.0. The molecule has 2 aromatic rings. The molecule has 3 N–H and O–H groups in total. The van der Waals surface area contributed by atoms with E-state index in [1.165, 1.54) is 89.9 Å². The van der Waals surface area contributed by atoms with Crippen LogP contribution in [0.5, 0.6) is 0 Å². The smallest absolute Gasteiger partial charge is 0.233 e. The molecular weight excluding hydrogens is 454 g/mol. The van der Waals surface area contributed by atoms with Gasteiger partial charge in [-0.1, -0.05) is 172 Å². The van der Waals surface area contributed by atoms with Crippen LogP contribution in [0.25, 0.3) is 0 Å². The van der Waals surface area contributed by atoms with Crippen LogP contribution in [0.4, 0.5) is 0 Å². The third kappa shape index (κ3) is 12.2. The monoisotopic (exact) mass is 507 g/mol. The fraction of sp³-hybridized carbons (Fsp3) is 0.588. The Balaban J connectivity index is 0.00000684. The average molecular weight is 508 g/mol. The van der Waals surface area contributed by atoms with Crippen LogP contribution in [0, 0.1) is 0 Å². The molecule has 0 bridgehead atoms. The molecule has 0 spiro atoms. The number of ketones is 2. The first-order valence-corrected chi connectivity index (χ1v) is 14.7. The predicted octanol–water partition coefficient (Wildman–Crippen LogP) is 10.5. The lowest BCUT2D eigenvalue weighted by Gasteiger charge is -2.27. The summed E-state index contributed by atoms with van der Waals surface area (Å²) in [7, 11) is 0. The Morgan fingerprint density at radius 1 is 0.568 bits per heavy atom. The highest BCUT2D eigenvalue weighted by Gasteiger charge is 2.28. The average Bonchev–Trinajstić information content (AvgIpc) is 2.90. The van der Waals surface area contributed by atoms with Crippen LogP contribution < -0.4 is 6.15 Å². The van der Waals surface area contributed by atoms with E-state index in [1.807, 2.05) is 30.3 Å². The number of benzene rings is 2. The number of carbonyl (C=O) groups excluding carboxylic acids is 2. The second kappa shape index (κ2) is 18.9. The summed E-state index contributed by atoms with van der Waals surface area (Å²) in [6.07, 6.45) is 21.4. The highest BCUT2D eigenvalue weighted by atomic mass is 16.2. The van der Waals surface area contributed by atoms with Crippen molar-refractivity contribution in [1.29, 1.82) is 0 Å². The summed E-state index contributed by atoms with van der Waals surface area (Å²) in [5, 5.41) is 0. The van der Waals surface area contributed by atoms with Crippen LogP contribution in [0.15, 0.2) is 54.6 Å². The van der Waals surface area contributed by atoms with Gasteiger partial charge in [0.25, 0.3) is 0 Å². The zero-order valence-electron chi connectivity index (χ0n) is 24.0. The van der Waals surface area contributed by atoms with Gasteiger partial charge in [-0.3, -0.25) is 9.59 Å². The molecule has 2 aromatic carbocycles. The van der Waals surface area contributed by atoms with E-state index in [0.29, 0.717) is 11.1 Å². The standard InChI is InChI=1S/C34H50O2.H3N/c1-4-5-6-7-8-9-10-11-12-13-14-15-16-17-23-28-34(2,3)31-27-22-21-26-30(31)33(36)32(35)29-24-19-18-20-25-29;/h18-22,24-27H,4-17,23,28H2,1-3H3;1H3. The molecule has 3 heteroatoms. The second-order valence-corrected chi connectivity index (χ2v) is 11.2. The Kier molecular flexibility index (Phi) is 16.7. The molecule has 0 aromatic heterocycles. The van der Waals surface area contributed by atoms with E-state index in [2.05, 4.69) is 20.8 Å². The molecule has 3 nitrogen and oxygen atoms in total. The van der Waals surface area contributed by atoms with Gasteiger partial charge in [-0.15, -0.1) is 0 Å². The van der Waals surface area contributed by atoms with Gasteiger partial charge in [-0.05, 0) is 17.4 Å². The minimum atomic E-state index is -0.425. The molecule has 0 aliphatic heterocycles. The zero-order chi connectivity index (χ0) is 26.1. The van der Waals surface area contributed by atoms with Crippen molar-refractivity contribution in [3.05, 3.63) is 71.3 Å². The predicted molar refractivity (Wildman–Crippen MR) is 159 cm³/mol. The Bertz CT molecular complexity index is 888. The number of hydrogen-bond donors (Lipinski definition) is 1. The third-order valence-electron chi connectivity index (χ3n) is 7.55. The first-order valence-electron chi connectivity index (χ1n) is 14.7. The normalized spacial score (nSPS) is 11.2. The summed E-state index contributed by atoms with van der Waals surface area (Å²) in [5.41, 5.74) is 1.86. The molecular formula is C34H53NO2. The van der Waals surface area contributed by atoms with Gasteiger partial charge < -0.3 is 6.15 Å². The molecule has 206 valence electrons. The first kappa shape index (κ1) is 32.8. The molecule has 0 aliphatic carbocycles. The SMILES string of the molecule is CCCCCCCCCCCCCCCCCC(C)(C)c1ccccc1C(=O)C(=O)c1ccccc1.N. The second-order valence-electron chi connectivity index (χ2n) is 11.2. The van der Waals surface area contributed by atoms with Crippen molar-refractivity contribution in [2.45, 2.75) is 129 Å². The van der Waals surface area contributed by atoms with Crippen LogP contribution >= 0.6 is 0 Å². The van der Waals surface area contributed by atoms with Crippen LogP contribution in [0.3, 0.4) is 0 Å². The van der Waals surface area contributed by atoms with Gasteiger partial charge >= 0.3 is 0 Å². The van der Waals surface area contributed by atoms with Crippen molar-refractivity contribution in [2.24, 2.45) is 0 Å². The lowest BCUT2D eigenvalue weighted by molar-refractivity contribution is 0.0815. The maximum atomic E-state index is 13.1. The molecule has 0 amide bonds. The van der Waals surface area contributed by atoms with Crippen LogP contribution in [-0.4, -0.2) is 11.6 Å². The van der Waals surface area contributed by atoms with Crippen LogP contribution in [-0.2, 0) is 5.41 Å². The topological polar surface area (TPSA) is 69.1 Å². The lowest BCUT2D eigenvalue weighted by atomic mass is 9.76. The maximum absolute atomic E-state index is 13.1. The number of rotatable bonds is 20. The number of carbonyl (C=O) groups is 2. The lowest BCUT2D eigenvalue weighted by Crippen LogP contribution is -2.24. The molecule has 0 atom stereocenters. The van der Waals surface area contributed by atoms with E-state index in [0.717, 1.165) is 18.4 Å². The van der Waals surface area contributed by atoms with Gasteiger partial charge in [0.15, 0.2) is 0 Å². The Morgan fingerprint density at radius 3 is 1.51 bits per heavy atom. The maximum Gasteiger partial charge on any atom is 0.233 e. The molecule has 0 radical (unpaired) electrons. The Morgan fingerprint density at radius 2 is 1.00 bits per heavy atom. The van der Waals surface area contributed by atoms with Crippen molar-refractivity contribution in [3.8, 4) is 0 Å². The van der Waals surface area contributed by atoms with E-state index >= 15 is 0 Å². The van der Waals surface area contributed by atoms with E-state index < -0.39 is 11.6 Å². The summed E-state index contributed by atoms with van der Waals surface area (Å²) in [4.78, 5) is 25.9. The summed E-state index contributed by atoms with van der Waals surface area (Å²) in [6, 6.07) is 16.6. The molecule has 0 unspecified atom stereocenters. The summed E-state index contributed by atoms with van der Waals surface area (Å²) < 4.78 is 0. The summed E-state index contributed by atoms with van der Waals surface area (Å²) >= 11 is 0. The Labute approximate surface area is 227 Å². The quantitative estimate of drug-likeness (QED) is 0.110. The first-order chi connectivity index (χ1) is 17.5. The number of Topliss-reactive ketones (excluding diaryl/α,β-unsaturated/α-hetero) is 2. The number of hydrogen-bond acceptors (Lipinski definition) is 3. The molecule has 0 fully saturated rings. The summed E-state index contributed by atoms with van der Waals surface area (Å²) in [5.74, 6) is -0.827. The van der Waals surface area contributed by atoms with Crippen molar-refractivity contribution >= 4 is 11.6 Å². The fourth-order valence-corrected chi connectivity index (χ4v) is 5.19. The van der Waals surface area contributed by atoms with Gasteiger partial charge in [0.1, 0.15) is 0 Å². The van der Waals surface area contributed by atoms with Gasteiger partial charge in [0.2, 0.25) is 11.6 Å². The van der Waals surface area contributed by atoms with Crippen molar-refractivity contribution in [3.63, 3.8) is 0 Å². The highest BCUT2D eigenvalue weighted by molar-refractivity contribution is 6.49. The largest absolute Gasteiger partial charge is 0.344 e. The van der Waals surface area contributed by atoms with Gasteiger partial charge in [0.05, 0.1) is 0 Å². The van der Waals surface area contributed by atoms with Crippen molar-refractivity contribution in [2.75, 3.05) is 0 Å². The fourth-order valence-electron chi connectivity index (χ4n) is 5.19. The van der Waals surface area contributed by atoms with E-state index in [-0.39, 0.29) is 11.6 Å². The van der Waals surface area contributed by atoms with Crippen molar-refractivity contribution in [1.82, 2.24) is 6.15 Å². The van der Waals surface area contributed by atoms with E-state index in [4.69, 9.17) is 0 Å². The molecule has 0 heterocycles. The minimum absolute atomic E-state index is 0.